The Morgan fingerprint density at radius 3 is 1.52 bits per heavy atom. The van der Waals surface area contributed by atoms with Gasteiger partial charge in [-0.25, -0.2) is 0 Å². The van der Waals surface area contributed by atoms with Crippen LogP contribution in [-0.2, 0) is 8.98 Å². The summed E-state index contributed by atoms with van der Waals surface area (Å²) in [7, 11) is -2.31. The van der Waals surface area contributed by atoms with Gasteiger partial charge >= 0.3 is 5.97 Å². The molecule has 4 nitrogen and oxygen atoms in total. The van der Waals surface area contributed by atoms with Crippen molar-refractivity contribution >= 4 is 16.3 Å². The molecule has 0 spiro atoms. The van der Waals surface area contributed by atoms with E-state index in [4.69, 9.17) is 13.7 Å². The van der Waals surface area contributed by atoms with E-state index in [0.717, 1.165) is 32.6 Å². The average Bonchev–Trinajstić information content (AvgIpc) is 2.79. The van der Waals surface area contributed by atoms with E-state index in [1.165, 1.54) is 0 Å². The van der Waals surface area contributed by atoms with Crippen molar-refractivity contribution in [2.45, 2.75) is 74.4 Å². The third kappa shape index (κ3) is 6.11. The van der Waals surface area contributed by atoms with Crippen molar-refractivity contribution in [2.24, 2.45) is 0 Å². The SMILES string of the molecule is CCCC(=O)OS(c1ccccc1)(c1ccc(OC(C)C)cc1)c1ccc(OC(C)C)cc1. The summed E-state index contributed by atoms with van der Waals surface area (Å²) in [4.78, 5) is 15.8. The van der Waals surface area contributed by atoms with E-state index in [1.54, 1.807) is 0 Å². The van der Waals surface area contributed by atoms with Crippen LogP contribution < -0.4 is 9.47 Å². The molecule has 0 heterocycles. The van der Waals surface area contributed by atoms with Crippen molar-refractivity contribution in [3.8, 4) is 11.5 Å². The summed E-state index contributed by atoms with van der Waals surface area (Å²) in [5.41, 5.74) is 0. The summed E-state index contributed by atoms with van der Waals surface area (Å²) in [6, 6.07) is 25.8. The minimum Gasteiger partial charge on any atom is -0.491 e. The van der Waals surface area contributed by atoms with Crippen LogP contribution in [-0.4, -0.2) is 18.2 Å². The molecule has 0 aliphatic heterocycles. The van der Waals surface area contributed by atoms with Crippen LogP contribution in [0.25, 0.3) is 0 Å². The molecule has 0 N–H and O–H groups in total. The Bertz CT molecular complexity index is 959. The van der Waals surface area contributed by atoms with Gasteiger partial charge in [0.05, 0.1) is 12.2 Å². The van der Waals surface area contributed by atoms with Crippen molar-refractivity contribution in [3.05, 3.63) is 78.9 Å². The molecule has 0 unspecified atom stereocenters. The summed E-state index contributed by atoms with van der Waals surface area (Å²) < 4.78 is 18.1. The van der Waals surface area contributed by atoms with E-state index in [2.05, 4.69) is 0 Å². The molecule has 0 bridgehead atoms. The predicted octanol–water partition coefficient (Wildman–Crippen LogP) is 7.80. The van der Waals surface area contributed by atoms with Crippen LogP contribution in [0.1, 0.15) is 47.5 Å². The maximum atomic E-state index is 13.0. The van der Waals surface area contributed by atoms with Gasteiger partial charge in [-0.15, -0.1) is 0 Å². The van der Waals surface area contributed by atoms with Crippen LogP contribution in [0.15, 0.2) is 93.5 Å². The van der Waals surface area contributed by atoms with E-state index in [9.17, 15) is 4.79 Å². The second-order valence-electron chi connectivity index (χ2n) is 8.35. The van der Waals surface area contributed by atoms with Gasteiger partial charge in [0.15, 0.2) is 0 Å². The quantitative estimate of drug-likeness (QED) is 0.306. The van der Waals surface area contributed by atoms with Crippen molar-refractivity contribution in [3.63, 3.8) is 0 Å². The molecule has 0 aliphatic rings. The average molecular weight is 467 g/mol. The number of hydrogen-bond donors (Lipinski definition) is 0. The van der Waals surface area contributed by atoms with Crippen molar-refractivity contribution < 1.29 is 18.5 Å². The van der Waals surface area contributed by atoms with Crippen LogP contribution in [0.4, 0.5) is 0 Å². The van der Waals surface area contributed by atoms with Crippen LogP contribution in [0.5, 0.6) is 11.5 Å². The Balaban J connectivity index is 2.18. The molecular weight excluding hydrogens is 432 g/mol. The summed E-state index contributed by atoms with van der Waals surface area (Å²) in [5.74, 6) is 1.37. The monoisotopic (exact) mass is 466 g/mol. The second-order valence-corrected chi connectivity index (χ2v) is 11.0. The molecule has 3 rings (SSSR count). The Kier molecular flexibility index (Phi) is 8.45. The Morgan fingerprint density at radius 1 is 0.697 bits per heavy atom. The zero-order valence-electron chi connectivity index (χ0n) is 20.1. The molecule has 176 valence electrons. The topological polar surface area (TPSA) is 44.8 Å². The molecule has 0 saturated heterocycles. The highest BCUT2D eigenvalue weighted by molar-refractivity contribution is 8.30. The molecule has 0 radical (unpaired) electrons. The summed E-state index contributed by atoms with van der Waals surface area (Å²) in [6.45, 7) is 9.99. The van der Waals surface area contributed by atoms with Gasteiger partial charge in [-0.05, 0) is 105 Å². The first-order valence-corrected chi connectivity index (χ1v) is 13.0. The molecule has 0 fully saturated rings. The molecule has 0 atom stereocenters. The Labute approximate surface area is 199 Å². The predicted molar refractivity (Wildman–Crippen MR) is 134 cm³/mol. The first-order valence-electron chi connectivity index (χ1n) is 11.5. The number of ether oxygens (including phenoxy) is 2. The smallest absolute Gasteiger partial charge is 0.317 e. The Morgan fingerprint density at radius 2 is 1.12 bits per heavy atom. The van der Waals surface area contributed by atoms with Gasteiger partial charge in [-0.3, -0.25) is 4.79 Å². The fourth-order valence-corrected chi connectivity index (χ4v) is 6.56. The number of carbonyl (C=O) groups excluding carboxylic acids is 1. The van der Waals surface area contributed by atoms with Gasteiger partial charge in [0.1, 0.15) is 11.5 Å². The van der Waals surface area contributed by atoms with E-state index in [-0.39, 0.29) is 18.2 Å². The fraction of sp³-hybridized carbons (Fsp3) is 0.321. The lowest BCUT2D eigenvalue weighted by Crippen LogP contribution is -2.14. The first-order chi connectivity index (χ1) is 15.8. The van der Waals surface area contributed by atoms with E-state index in [1.807, 2.05) is 113 Å². The van der Waals surface area contributed by atoms with E-state index >= 15 is 0 Å². The zero-order chi connectivity index (χ0) is 23.8. The second kappa shape index (κ2) is 11.3. The molecular formula is C28H34O4S. The molecule has 3 aromatic carbocycles. The third-order valence-electron chi connectivity index (χ3n) is 4.80. The van der Waals surface area contributed by atoms with Crippen molar-refractivity contribution in [1.29, 1.82) is 0 Å². The Hall–Kier alpha value is -2.92. The highest BCUT2D eigenvalue weighted by Crippen LogP contribution is 2.69. The molecule has 5 heteroatoms. The largest absolute Gasteiger partial charge is 0.491 e. The summed E-state index contributed by atoms with van der Waals surface area (Å²) in [5, 5.41) is 0. The first kappa shape index (κ1) is 24.7. The number of benzene rings is 3. The maximum Gasteiger partial charge on any atom is 0.317 e. The molecule has 0 amide bonds. The fourth-order valence-electron chi connectivity index (χ4n) is 3.51. The molecule has 0 aliphatic carbocycles. The summed E-state index contributed by atoms with van der Waals surface area (Å²) >= 11 is 0. The van der Waals surface area contributed by atoms with Crippen molar-refractivity contribution in [1.82, 2.24) is 0 Å². The van der Waals surface area contributed by atoms with Gasteiger partial charge in [0.25, 0.3) is 0 Å². The lowest BCUT2D eigenvalue weighted by Gasteiger charge is -2.40. The molecule has 3 aromatic rings. The van der Waals surface area contributed by atoms with Gasteiger partial charge in [-0.1, -0.05) is 25.1 Å². The minimum atomic E-state index is -2.31. The highest BCUT2D eigenvalue weighted by atomic mass is 32.3. The molecule has 33 heavy (non-hydrogen) atoms. The normalized spacial score (nSPS) is 12.0. The van der Waals surface area contributed by atoms with Gasteiger partial charge < -0.3 is 13.7 Å². The highest BCUT2D eigenvalue weighted by Gasteiger charge is 2.35. The van der Waals surface area contributed by atoms with E-state index < -0.39 is 10.3 Å². The standard InChI is InChI=1S/C28H34O4S/c1-6-10-28(29)32-33(25-11-8-7-9-12-25,26-17-13-23(14-18-26)30-21(2)3)27-19-15-24(16-20-27)31-22(4)5/h7-9,11-22H,6,10H2,1-5H3. The zero-order valence-corrected chi connectivity index (χ0v) is 20.9. The van der Waals surface area contributed by atoms with Crippen LogP contribution >= 0.6 is 10.3 Å². The molecule has 0 saturated carbocycles. The van der Waals surface area contributed by atoms with E-state index in [0.29, 0.717) is 6.42 Å². The minimum absolute atomic E-state index is 0.0814. The molecule has 0 aromatic heterocycles. The lowest BCUT2D eigenvalue weighted by molar-refractivity contribution is -0.133. The number of hydrogen-bond acceptors (Lipinski definition) is 4. The lowest BCUT2D eigenvalue weighted by atomic mass is 10.3. The van der Waals surface area contributed by atoms with Crippen molar-refractivity contribution in [2.75, 3.05) is 0 Å². The van der Waals surface area contributed by atoms with Gasteiger partial charge in [0, 0.05) is 21.1 Å². The van der Waals surface area contributed by atoms with Gasteiger partial charge in [-0.2, -0.15) is 0 Å². The van der Waals surface area contributed by atoms with Crippen LogP contribution in [0.2, 0.25) is 0 Å². The third-order valence-corrected chi connectivity index (χ3v) is 8.05. The maximum absolute atomic E-state index is 13.0. The van der Waals surface area contributed by atoms with Gasteiger partial charge in [0.2, 0.25) is 0 Å². The van der Waals surface area contributed by atoms with Crippen LogP contribution in [0, 0.1) is 0 Å². The van der Waals surface area contributed by atoms with Crippen LogP contribution in [0.3, 0.4) is 0 Å². The summed E-state index contributed by atoms with van der Waals surface area (Å²) in [6.07, 6.45) is 1.26. The number of rotatable bonds is 10. The number of carbonyl (C=O) groups is 1.